The van der Waals surface area contributed by atoms with Gasteiger partial charge in [0.1, 0.15) is 0 Å². The number of hydrogen-bond acceptors (Lipinski definition) is 6. The highest BCUT2D eigenvalue weighted by molar-refractivity contribution is 5.89. The molecule has 0 bridgehead atoms. The number of urea groups is 1. The van der Waals surface area contributed by atoms with Crippen LogP contribution in [0, 0.1) is 6.92 Å². The van der Waals surface area contributed by atoms with Crippen molar-refractivity contribution in [3.05, 3.63) is 35.7 Å². The van der Waals surface area contributed by atoms with E-state index in [0.717, 1.165) is 30.4 Å². The Labute approximate surface area is 158 Å². The standard InChI is InChI=1S/C19H25N5O3/c1-13-10-15(22-18(21-13)24-8-4-5-9-24)12-20-19(25)23-14-6-7-16(26-2)17(11-14)27-3/h6-7,10-11H,4-5,8-9,12H2,1-3H3,(H2,20,23,25). The van der Waals surface area contributed by atoms with Gasteiger partial charge in [-0.2, -0.15) is 0 Å². The third-order valence-corrected chi connectivity index (χ3v) is 4.36. The first-order valence-electron chi connectivity index (χ1n) is 8.95. The molecule has 0 unspecified atom stereocenters. The van der Waals surface area contributed by atoms with Crippen LogP contribution in [-0.2, 0) is 6.54 Å². The Kier molecular flexibility index (Phi) is 5.95. The van der Waals surface area contributed by atoms with Crippen LogP contribution < -0.4 is 25.0 Å². The van der Waals surface area contributed by atoms with E-state index in [0.29, 0.717) is 23.7 Å². The van der Waals surface area contributed by atoms with Gasteiger partial charge in [-0.05, 0) is 38.0 Å². The molecule has 2 heterocycles. The van der Waals surface area contributed by atoms with Crippen LogP contribution in [0.2, 0.25) is 0 Å². The molecule has 1 saturated heterocycles. The summed E-state index contributed by atoms with van der Waals surface area (Å²) in [7, 11) is 3.12. The zero-order valence-corrected chi connectivity index (χ0v) is 15.9. The molecule has 1 aromatic heterocycles. The van der Waals surface area contributed by atoms with Crippen LogP contribution >= 0.6 is 0 Å². The fourth-order valence-electron chi connectivity index (χ4n) is 3.03. The lowest BCUT2D eigenvalue weighted by molar-refractivity contribution is 0.251. The number of nitrogens with zero attached hydrogens (tertiary/aromatic N) is 3. The van der Waals surface area contributed by atoms with Crippen molar-refractivity contribution in [3.8, 4) is 11.5 Å². The van der Waals surface area contributed by atoms with E-state index in [1.807, 2.05) is 13.0 Å². The summed E-state index contributed by atoms with van der Waals surface area (Å²) in [5.41, 5.74) is 2.29. The summed E-state index contributed by atoms with van der Waals surface area (Å²) in [5.74, 6) is 1.90. The second-order valence-corrected chi connectivity index (χ2v) is 6.37. The summed E-state index contributed by atoms with van der Waals surface area (Å²) in [5, 5.41) is 5.61. The van der Waals surface area contributed by atoms with Crippen molar-refractivity contribution in [3.63, 3.8) is 0 Å². The molecule has 8 heteroatoms. The molecule has 1 aliphatic rings. The van der Waals surface area contributed by atoms with Gasteiger partial charge in [-0.25, -0.2) is 14.8 Å². The van der Waals surface area contributed by atoms with Crippen molar-refractivity contribution in [1.29, 1.82) is 0 Å². The van der Waals surface area contributed by atoms with Crippen LogP contribution in [-0.4, -0.2) is 43.3 Å². The first-order valence-corrected chi connectivity index (χ1v) is 8.95. The molecule has 0 aliphatic carbocycles. The summed E-state index contributed by atoms with van der Waals surface area (Å²) in [6.45, 7) is 4.23. The highest BCUT2D eigenvalue weighted by atomic mass is 16.5. The minimum absolute atomic E-state index is 0.318. The number of aromatic nitrogens is 2. The van der Waals surface area contributed by atoms with Gasteiger partial charge in [-0.3, -0.25) is 0 Å². The minimum Gasteiger partial charge on any atom is -0.493 e. The number of carbonyl (C=O) groups is 1. The highest BCUT2D eigenvalue weighted by Crippen LogP contribution is 2.29. The third kappa shape index (κ3) is 4.78. The molecule has 1 aliphatic heterocycles. The largest absolute Gasteiger partial charge is 0.493 e. The normalized spacial score (nSPS) is 13.4. The summed E-state index contributed by atoms with van der Waals surface area (Å²) in [6.07, 6.45) is 2.33. The van der Waals surface area contributed by atoms with E-state index in [-0.39, 0.29) is 6.03 Å². The Morgan fingerprint density at radius 1 is 1.11 bits per heavy atom. The van der Waals surface area contributed by atoms with Crippen LogP contribution in [0.15, 0.2) is 24.3 Å². The van der Waals surface area contributed by atoms with Crippen LogP contribution in [0.4, 0.5) is 16.4 Å². The van der Waals surface area contributed by atoms with E-state index in [1.54, 1.807) is 32.4 Å². The molecule has 27 heavy (non-hydrogen) atoms. The number of carbonyl (C=O) groups excluding carboxylic acids is 1. The number of ether oxygens (including phenoxy) is 2. The van der Waals surface area contributed by atoms with Crippen LogP contribution in [0.25, 0.3) is 0 Å². The van der Waals surface area contributed by atoms with Gasteiger partial charge in [0.25, 0.3) is 0 Å². The molecule has 0 atom stereocenters. The Morgan fingerprint density at radius 2 is 1.85 bits per heavy atom. The van der Waals surface area contributed by atoms with Crippen molar-refractivity contribution in [2.24, 2.45) is 0 Å². The quantitative estimate of drug-likeness (QED) is 0.812. The van der Waals surface area contributed by atoms with Gasteiger partial charge in [-0.1, -0.05) is 0 Å². The SMILES string of the molecule is COc1ccc(NC(=O)NCc2cc(C)nc(N3CCCC3)n2)cc1OC. The first-order chi connectivity index (χ1) is 13.1. The molecule has 144 valence electrons. The highest BCUT2D eigenvalue weighted by Gasteiger charge is 2.16. The molecule has 1 aromatic carbocycles. The zero-order valence-electron chi connectivity index (χ0n) is 15.9. The van der Waals surface area contributed by atoms with Gasteiger partial charge in [0.05, 0.1) is 26.5 Å². The monoisotopic (exact) mass is 371 g/mol. The number of methoxy groups -OCH3 is 2. The molecule has 0 radical (unpaired) electrons. The maximum atomic E-state index is 12.2. The second-order valence-electron chi connectivity index (χ2n) is 6.37. The molecule has 2 amide bonds. The average Bonchev–Trinajstić information content (AvgIpc) is 3.21. The van der Waals surface area contributed by atoms with Gasteiger partial charge in [0.2, 0.25) is 5.95 Å². The smallest absolute Gasteiger partial charge is 0.319 e. The first kappa shape index (κ1) is 18.8. The summed E-state index contributed by atoms with van der Waals surface area (Å²) < 4.78 is 10.4. The lowest BCUT2D eigenvalue weighted by Crippen LogP contribution is -2.29. The Bertz CT molecular complexity index is 806. The molecular formula is C19H25N5O3. The molecule has 3 rings (SSSR count). The predicted octanol–water partition coefficient (Wildman–Crippen LogP) is 2.72. The number of rotatable bonds is 6. The summed E-state index contributed by atoms with van der Waals surface area (Å²) in [4.78, 5) is 23.5. The van der Waals surface area contributed by atoms with E-state index >= 15 is 0 Å². The van der Waals surface area contributed by atoms with E-state index in [9.17, 15) is 4.79 Å². The fraction of sp³-hybridized carbons (Fsp3) is 0.421. The van der Waals surface area contributed by atoms with Crippen molar-refractivity contribution < 1.29 is 14.3 Å². The number of amides is 2. The molecule has 0 saturated carbocycles. The van der Waals surface area contributed by atoms with Gasteiger partial charge in [-0.15, -0.1) is 0 Å². The van der Waals surface area contributed by atoms with Gasteiger partial charge in [0.15, 0.2) is 11.5 Å². The Hall–Kier alpha value is -3.03. The molecule has 0 spiro atoms. The summed E-state index contributed by atoms with van der Waals surface area (Å²) in [6, 6.07) is 6.77. The lowest BCUT2D eigenvalue weighted by atomic mass is 10.3. The number of nitrogens with one attached hydrogen (secondary N) is 2. The number of hydrogen-bond donors (Lipinski definition) is 2. The predicted molar refractivity (Wildman–Crippen MR) is 104 cm³/mol. The zero-order chi connectivity index (χ0) is 19.2. The van der Waals surface area contributed by atoms with E-state index in [4.69, 9.17) is 9.47 Å². The van der Waals surface area contributed by atoms with Crippen molar-refractivity contribution in [2.75, 3.05) is 37.5 Å². The maximum Gasteiger partial charge on any atom is 0.319 e. The molecule has 8 nitrogen and oxygen atoms in total. The van der Waals surface area contributed by atoms with E-state index in [1.165, 1.54) is 12.8 Å². The lowest BCUT2D eigenvalue weighted by Gasteiger charge is -2.16. The van der Waals surface area contributed by atoms with Crippen LogP contribution in [0.5, 0.6) is 11.5 Å². The van der Waals surface area contributed by atoms with E-state index in [2.05, 4.69) is 25.5 Å². The van der Waals surface area contributed by atoms with Crippen LogP contribution in [0.3, 0.4) is 0 Å². The van der Waals surface area contributed by atoms with Crippen LogP contribution in [0.1, 0.15) is 24.2 Å². The van der Waals surface area contributed by atoms with Gasteiger partial charge >= 0.3 is 6.03 Å². The molecule has 1 fully saturated rings. The van der Waals surface area contributed by atoms with Crippen molar-refractivity contribution in [2.45, 2.75) is 26.3 Å². The number of anilines is 2. The fourth-order valence-corrected chi connectivity index (χ4v) is 3.03. The maximum absolute atomic E-state index is 12.2. The second kappa shape index (κ2) is 8.57. The van der Waals surface area contributed by atoms with Gasteiger partial charge in [0, 0.05) is 30.5 Å². The minimum atomic E-state index is -0.318. The van der Waals surface area contributed by atoms with Crippen molar-refractivity contribution >= 4 is 17.7 Å². The number of aryl methyl sites for hydroxylation is 1. The number of benzene rings is 1. The molecule has 2 N–H and O–H groups in total. The molecular weight excluding hydrogens is 346 g/mol. The third-order valence-electron chi connectivity index (χ3n) is 4.36. The summed E-state index contributed by atoms with van der Waals surface area (Å²) >= 11 is 0. The topological polar surface area (TPSA) is 88.6 Å². The Balaban J connectivity index is 1.60. The average molecular weight is 371 g/mol. The Morgan fingerprint density at radius 3 is 2.56 bits per heavy atom. The van der Waals surface area contributed by atoms with Crippen molar-refractivity contribution in [1.82, 2.24) is 15.3 Å². The van der Waals surface area contributed by atoms with Gasteiger partial charge < -0.3 is 25.0 Å². The van der Waals surface area contributed by atoms with E-state index < -0.39 is 0 Å². The molecule has 2 aromatic rings.